The molecule has 4 rings (SSSR count). The molecule has 4 heterocycles. The van der Waals surface area contributed by atoms with E-state index in [-0.39, 0.29) is 11.1 Å². The van der Waals surface area contributed by atoms with E-state index in [9.17, 15) is 4.79 Å². The number of hydrogen-bond donors (Lipinski definition) is 0. The van der Waals surface area contributed by atoms with Gasteiger partial charge in [0.1, 0.15) is 0 Å². The molecule has 0 spiro atoms. The first kappa shape index (κ1) is 14.6. The number of nitrogens with zero attached hydrogens (tertiary/aromatic N) is 7. The molecule has 0 atom stereocenters. The molecule has 4 aromatic rings. The summed E-state index contributed by atoms with van der Waals surface area (Å²) >= 11 is 1.43. The van der Waals surface area contributed by atoms with Crippen LogP contribution in [0.15, 0.2) is 41.2 Å². The van der Waals surface area contributed by atoms with Gasteiger partial charge in [-0.3, -0.25) is 19.0 Å². The van der Waals surface area contributed by atoms with E-state index in [0.29, 0.717) is 24.4 Å². The molecule has 0 N–H and O–H groups in total. The Morgan fingerprint density at radius 3 is 2.88 bits per heavy atom. The van der Waals surface area contributed by atoms with Crippen molar-refractivity contribution in [2.45, 2.75) is 13.0 Å². The quantitative estimate of drug-likeness (QED) is 0.556. The maximum atomic E-state index is 12.9. The molecule has 0 aliphatic carbocycles. The predicted octanol–water partition coefficient (Wildman–Crippen LogP) is 1.29. The molecule has 0 aliphatic heterocycles. The van der Waals surface area contributed by atoms with Gasteiger partial charge in [-0.05, 0) is 6.07 Å². The molecule has 4 aromatic heterocycles. The van der Waals surface area contributed by atoms with Crippen molar-refractivity contribution in [2.24, 2.45) is 7.05 Å². The molecule has 0 bridgehead atoms. The lowest BCUT2D eigenvalue weighted by molar-refractivity contribution is 0.646. The highest BCUT2D eigenvalue weighted by Gasteiger charge is 2.15. The van der Waals surface area contributed by atoms with Gasteiger partial charge < -0.3 is 0 Å². The zero-order valence-electron chi connectivity index (χ0n) is 12.8. The Bertz CT molecular complexity index is 1050. The number of aromatic nitrogens is 7. The summed E-state index contributed by atoms with van der Waals surface area (Å²) in [6.45, 7) is 0.461. The van der Waals surface area contributed by atoms with Gasteiger partial charge in [-0.15, -0.1) is 11.3 Å². The van der Waals surface area contributed by atoms with Crippen molar-refractivity contribution < 1.29 is 0 Å². The highest BCUT2D eigenvalue weighted by atomic mass is 32.1. The van der Waals surface area contributed by atoms with Crippen molar-refractivity contribution in [2.75, 3.05) is 0 Å². The third-order valence-electron chi connectivity index (χ3n) is 3.61. The number of thiazole rings is 1. The maximum absolute atomic E-state index is 12.9. The maximum Gasteiger partial charge on any atom is 0.282 e. The van der Waals surface area contributed by atoms with Gasteiger partial charge in [0.15, 0.2) is 17.0 Å². The molecule has 9 heteroatoms. The first-order chi connectivity index (χ1) is 11.7. The fourth-order valence-corrected chi connectivity index (χ4v) is 3.11. The molecule has 0 unspecified atom stereocenters. The van der Waals surface area contributed by atoms with Crippen LogP contribution < -0.4 is 5.56 Å². The highest BCUT2D eigenvalue weighted by Crippen LogP contribution is 2.21. The van der Waals surface area contributed by atoms with Crippen LogP contribution in [0.5, 0.6) is 0 Å². The van der Waals surface area contributed by atoms with Crippen molar-refractivity contribution in [3.05, 3.63) is 52.4 Å². The first-order valence-electron chi connectivity index (χ1n) is 7.31. The average molecular weight is 339 g/mol. The minimum Gasteiger partial charge on any atom is -0.290 e. The van der Waals surface area contributed by atoms with Crippen LogP contribution in [-0.2, 0) is 20.0 Å². The smallest absolute Gasteiger partial charge is 0.282 e. The first-order valence-corrected chi connectivity index (χ1v) is 8.19. The summed E-state index contributed by atoms with van der Waals surface area (Å²) in [5.74, 6) is 0.562. The minimum absolute atomic E-state index is 0.201. The molecule has 0 fully saturated rings. The fraction of sp³-hybridized carbons (Fsp3) is 0.200. The molecule has 120 valence electrons. The number of rotatable bonds is 4. The molecule has 0 aromatic carbocycles. The fourth-order valence-electron chi connectivity index (χ4n) is 2.49. The Morgan fingerprint density at radius 1 is 1.25 bits per heavy atom. The lowest BCUT2D eigenvalue weighted by atomic mass is 10.3. The van der Waals surface area contributed by atoms with Gasteiger partial charge in [0.05, 0.1) is 16.1 Å². The summed E-state index contributed by atoms with van der Waals surface area (Å²) in [5.41, 5.74) is 3.05. The summed E-state index contributed by atoms with van der Waals surface area (Å²) in [6, 6.07) is 1.94. The van der Waals surface area contributed by atoms with Gasteiger partial charge in [-0.25, -0.2) is 15.0 Å². The third kappa shape index (κ3) is 2.58. The Kier molecular flexibility index (Phi) is 3.62. The van der Waals surface area contributed by atoms with Crippen LogP contribution >= 0.6 is 11.3 Å². The van der Waals surface area contributed by atoms with Crippen LogP contribution in [0.1, 0.15) is 5.69 Å². The monoisotopic (exact) mass is 339 g/mol. The molecular formula is C15H13N7OS. The summed E-state index contributed by atoms with van der Waals surface area (Å²) < 4.78 is 3.37. The Hall–Kier alpha value is -2.94. The molecule has 24 heavy (non-hydrogen) atoms. The second-order valence-corrected chi connectivity index (χ2v) is 6.10. The van der Waals surface area contributed by atoms with E-state index >= 15 is 0 Å². The zero-order chi connectivity index (χ0) is 16.5. The number of fused-ring (bicyclic) bond motifs is 1. The molecule has 0 saturated heterocycles. The minimum atomic E-state index is -0.201. The largest absolute Gasteiger partial charge is 0.290 e. The lowest BCUT2D eigenvalue weighted by Gasteiger charge is -2.10. The van der Waals surface area contributed by atoms with E-state index in [1.165, 1.54) is 23.7 Å². The molecule has 0 radical (unpaired) electrons. The Labute approximate surface area is 140 Å². The second-order valence-electron chi connectivity index (χ2n) is 5.22. The average Bonchev–Trinajstić information content (AvgIpc) is 3.25. The van der Waals surface area contributed by atoms with Gasteiger partial charge in [0.25, 0.3) is 5.56 Å². The van der Waals surface area contributed by atoms with E-state index in [4.69, 9.17) is 0 Å². The van der Waals surface area contributed by atoms with Gasteiger partial charge in [-0.2, -0.15) is 5.10 Å². The second kappa shape index (κ2) is 5.93. The van der Waals surface area contributed by atoms with E-state index in [1.807, 2.05) is 19.3 Å². The van der Waals surface area contributed by atoms with Crippen molar-refractivity contribution in [1.82, 2.24) is 34.3 Å². The normalized spacial score (nSPS) is 11.2. The molecule has 0 aliphatic rings. The predicted molar refractivity (Wildman–Crippen MR) is 89.6 cm³/mol. The summed E-state index contributed by atoms with van der Waals surface area (Å²) in [5, 5.41) is 4.35. The summed E-state index contributed by atoms with van der Waals surface area (Å²) in [7, 11) is 1.87. The number of hydrogen-bond acceptors (Lipinski definition) is 7. The standard InChI is InChI=1S/C15H13N7OS/c1-21-6-2-10(20-21)3-7-22-14(11-8-16-9-24-11)19-13-12(15(22)23)17-4-5-18-13/h2,4-6,8-9H,3,7H2,1H3. The van der Waals surface area contributed by atoms with E-state index < -0.39 is 0 Å². The van der Waals surface area contributed by atoms with Crippen molar-refractivity contribution in [1.29, 1.82) is 0 Å². The summed E-state index contributed by atoms with van der Waals surface area (Å²) in [4.78, 5) is 30.6. The van der Waals surface area contributed by atoms with Gasteiger partial charge in [0, 0.05) is 44.8 Å². The van der Waals surface area contributed by atoms with Crippen molar-refractivity contribution in [3.63, 3.8) is 0 Å². The van der Waals surface area contributed by atoms with Crippen molar-refractivity contribution >= 4 is 22.5 Å². The van der Waals surface area contributed by atoms with Crippen LogP contribution in [-0.4, -0.2) is 34.3 Å². The highest BCUT2D eigenvalue weighted by molar-refractivity contribution is 7.13. The van der Waals surface area contributed by atoms with Crippen LogP contribution in [0, 0.1) is 0 Å². The lowest BCUT2D eigenvalue weighted by Crippen LogP contribution is -2.25. The molecule has 0 amide bonds. The Balaban J connectivity index is 1.83. The van der Waals surface area contributed by atoms with Crippen LogP contribution in [0.25, 0.3) is 21.9 Å². The molecule has 8 nitrogen and oxygen atoms in total. The van der Waals surface area contributed by atoms with Gasteiger partial charge in [0.2, 0.25) is 0 Å². The zero-order valence-corrected chi connectivity index (χ0v) is 13.6. The van der Waals surface area contributed by atoms with Crippen LogP contribution in [0.2, 0.25) is 0 Å². The third-order valence-corrected chi connectivity index (χ3v) is 4.38. The van der Waals surface area contributed by atoms with Crippen molar-refractivity contribution in [3.8, 4) is 10.7 Å². The molecular weight excluding hydrogens is 326 g/mol. The number of aryl methyl sites for hydroxylation is 2. The van der Waals surface area contributed by atoms with E-state index in [0.717, 1.165) is 10.6 Å². The van der Waals surface area contributed by atoms with E-state index in [2.05, 4.69) is 25.0 Å². The van der Waals surface area contributed by atoms with Gasteiger partial charge in [-0.1, -0.05) is 0 Å². The SMILES string of the molecule is Cn1ccc(CCn2c(-c3cncs3)nc3nccnc3c2=O)n1. The van der Waals surface area contributed by atoms with E-state index in [1.54, 1.807) is 21.0 Å². The molecule has 0 saturated carbocycles. The Morgan fingerprint density at radius 2 is 2.12 bits per heavy atom. The van der Waals surface area contributed by atoms with Gasteiger partial charge >= 0.3 is 0 Å². The van der Waals surface area contributed by atoms with Crippen LogP contribution in [0.3, 0.4) is 0 Å². The van der Waals surface area contributed by atoms with Crippen LogP contribution in [0.4, 0.5) is 0 Å². The summed E-state index contributed by atoms with van der Waals surface area (Å²) in [6.07, 6.45) is 7.24. The topological polar surface area (TPSA) is 91.4 Å².